The average molecular weight is 317 g/mol. The zero-order valence-electron chi connectivity index (χ0n) is 13.7. The highest BCUT2D eigenvalue weighted by Crippen LogP contribution is 2.25. The molecule has 0 saturated heterocycles. The van der Waals surface area contributed by atoms with Crippen LogP contribution in [-0.2, 0) is 0 Å². The fourth-order valence-electron chi connectivity index (χ4n) is 3.67. The molecule has 2 aliphatic rings. The zero-order valence-corrected chi connectivity index (χ0v) is 13.7. The minimum Gasteiger partial charge on any atom is -0.490 e. The van der Waals surface area contributed by atoms with Crippen molar-refractivity contribution in [3.63, 3.8) is 0 Å². The van der Waals surface area contributed by atoms with Gasteiger partial charge in [-0.05, 0) is 75.1 Å². The summed E-state index contributed by atoms with van der Waals surface area (Å²) < 4.78 is 5.92. The number of aliphatic hydroxyl groups is 1. The molecule has 2 unspecified atom stereocenters. The molecule has 0 heterocycles. The molecule has 0 aromatic heterocycles. The van der Waals surface area contributed by atoms with Crippen molar-refractivity contribution >= 4 is 5.91 Å². The lowest BCUT2D eigenvalue weighted by atomic mass is 9.87. The molecule has 2 N–H and O–H groups in total. The number of carbonyl (C=O) groups is 1. The van der Waals surface area contributed by atoms with E-state index in [1.807, 2.05) is 24.3 Å². The molecule has 4 heteroatoms. The van der Waals surface area contributed by atoms with E-state index in [0.717, 1.165) is 44.3 Å². The zero-order chi connectivity index (χ0) is 16.1. The molecular formula is C19H27NO3. The van der Waals surface area contributed by atoms with E-state index in [-0.39, 0.29) is 12.0 Å². The Hall–Kier alpha value is -1.55. The van der Waals surface area contributed by atoms with Gasteiger partial charge in [0, 0.05) is 12.1 Å². The van der Waals surface area contributed by atoms with Crippen molar-refractivity contribution in [2.45, 2.75) is 63.6 Å². The van der Waals surface area contributed by atoms with Gasteiger partial charge < -0.3 is 15.2 Å². The first-order chi connectivity index (χ1) is 11.2. The Morgan fingerprint density at radius 3 is 2.52 bits per heavy atom. The predicted octanol–water partition coefficient (Wildman–Crippen LogP) is 3.29. The molecule has 1 aromatic rings. The Balaban J connectivity index is 1.47. The lowest BCUT2D eigenvalue weighted by molar-refractivity contribution is 0.0873. The molecule has 3 rings (SSSR count). The number of hydrogen-bond acceptors (Lipinski definition) is 3. The Labute approximate surface area is 138 Å². The summed E-state index contributed by atoms with van der Waals surface area (Å²) in [4.78, 5) is 12.2. The first-order valence-electron chi connectivity index (χ1n) is 8.93. The number of amides is 1. The van der Waals surface area contributed by atoms with Gasteiger partial charge in [0.05, 0.1) is 12.2 Å². The minimum atomic E-state index is -0.197. The van der Waals surface area contributed by atoms with Gasteiger partial charge in [-0.3, -0.25) is 4.79 Å². The highest BCUT2D eigenvalue weighted by Gasteiger charge is 2.21. The normalized spacial score (nSPS) is 25.3. The summed E-state index contributed by atoms with van der Waals surface area (Å²) in [7, 11) is 0. The van der Waals surface area contributed by atoms with Gasteiger partial charge in [0.1, 0.15) is 5.75 Å². The molecule has 1 aromatic carbocycles. The van der Waals surface area contributed by atoms with Crippen LogP contribution in [0, 0.1) is 5.92 Å². The number of nitrogens with one attached hydrogen (secondary N) is 1. The van der Waals surface area contributed by atoms with Crippen molar-refractivity contribution in [1.29, 1.82) is 0 Å². The van der Waals surface area contributed by atoms with Gasteiger partial charge in [-0.2, -0.15) is 0 Å². The SMILES string of the molecule is O=C(NCC1CCCC(O)C1)c1ccc(OC2CCCC2)cc1. The van der Waals surface area contributed by atoms with E-state index in [2.05, 4.69) is 5.32 Å². The predicted molar refractivity (Wildman–Crippen MR) is 89.6 cm³/mol. The van der Waals surface area contributed by atoms with Crippen LogP contribution in [0.5, 0.6) is 5.75 Å². The van der Waals surface area contributed by atoms with Gasteiger partial charge in [-0.15, -0.1) is 0 Å². The first-order valence-corrected chi connectivity index (χ1v) is 8.93. The Bertz CT molecular complexity index is 508. The second kappa shape index (κ2) is 7.82. The lowest BCUT2D eigenvalue weighted by Crippen LogP contribution is -2.32. The first kappa shape index (κ1) is 16.3. The minimum absolute atomic E-state index is 0.0440. The van der Waals surface area contributed by atoms with Gasteiger partial charge in [0.2, 0.25) is 0 Å². The molecule has 2 atom stereocenters. The Morgan fingerprint density at radius 2 is 1.83 bits per heavy atom. The molecular weight excluding hydrogens is 290 g/mol. The quantitative estimate of drug-likeness (QED) is 0.876. The van der Waals surface area contributed by atoms with Gasteiger partial charge in [-0.1, -0.05) is 6.42 Å². The number of ether oxygens (including phenoxy) is 1. The van der Waals surface area contributed by atoms with Crippen LogP contribution in [0.4, 0.5) is 0 Å². The summed E-state index contributed by atoms with van der Waals surface area (Å²) in [6, 6.07) is 7.43. The van der Waals surface area contributed by atoms with Gasteiger partial charge in [0.15, 0.2) is 0 Å². The van der Waals surface area contributed by atoms with Crippen molar-refractivity contribution in [3.05, 3.63) is 29.8 Å². The highest BCUT2D eigenvalue weighted by atomic mass is 16.5. The molecule has 126 valence electrons. The number of hydrogen-bond donors (Lipinski definition) is 2. The second-order valence-electron chi connectivity index (χ2n) is 6.95. The number of carbonyl (C=O) groups excluding carboxylic acids is 1. The van der Waals surface area contributed by atoms with Crippen LogP contribution in [0.15, 0.2) is 24.3 Å². The van der Waals surface area contributed by atoms with E-state index in [4.69, 9.17) is 4.74 Å². The maximum absolute atomic E-state index is 12.2. The maximum Gasteiger partial charge on any atom is 0.251 e. The van der Waals surface area contributed by atoms with Crippen molar-refractivity contribution in [1.82, 2.24) is 5.32 Å². The molecule has 2 aliphatic carbocycles. The van der Waals surface area contributed by atoms with Crippen LogP contribution >= 0.6 is 0 Å². The van der Waals surface area contributed by atoms with E-state index in [1.54, 1.807) is 0 Å². The van der Waals surface area contributed by atoms with E-state index >= 15 is 0 Å². The lowest BCUT2D eigenvalue weighted by Gasteiger charge is -2.25. The number of rotatable bonds is 5. The Kier molecular flexibility index (Phi) is 5.55. The molecule has 1 amide bonds. The van der Waals surface area contributed by atoms with Crippen LogP contribution in [0.25, 0.3) is 0 Å². The second-order valence-corrected chi connectivity index (χ2v) is 6.95. The van der Waals surface area contributed by atoms with Gasteiger partial charge >= 0.3 is 0 Å². The van der Waals surface area contributed by atoms with E-state index < -0.39 is 0 Å². The third kappa shape index (κ3) is 4.71. The van der Waals surface area contributed by atoms with Crippen LogP contribution in [-0.4, -0.2) is 29.8 Å². The van der Waals surface area contributed by atoms with Gasteiger partial charge in [0.25, 0.3) is 5.91 Å². The van der Waals surface area contributed by atoms with Crippen molar-refractivity contribution in [2.75, 3.05) is 6.54 Å². The summed E-state index contributed by atoms with van der Waals surface area (Å²) in [6.07, 6.45) is 8.75. The van der Waals surface area contributed by atoms with Crippen LogP contribution in [0.1, 0.15) is 61.7 Å². The molecule has 4 nitrogen and oxygen atoms in total. The van der Waals surface area contributed by atoms with E-state index in [9.17, 15) is 9.90 Å². The summed E-state index contributed by atoms with van der Waals surface area (Å²) in [5, 5.41) is 12.7. The van der Waals surface area contributed by atoms with Crippen LogP contribution in [0.3, 0.4) is 0 Å². The summed E-state index contributed by atoms with van der Waals surface area (Å²) in [5.74, 6) is 1.20. The average Bonchev–Trinajstić information content (AvgIpc) is 3.06. The number of aliphatic hydroxyl groups excluding tert-OH is 1. The number of benzene rings is 1. The van der Waals surface area contributed by atoms with Crippen LogP contribution < -0.4 is 10.1 Å². The topological polar surface area (TPSA) is 58.6 Å². The third-order valence-corrected chi connectivity index (χ3v) is 5.03. The van der Waals surface area contributed by atoms with Gasteiger partial charge in [-0.25, -0.2) is 0 Å². The molecule has 2 fully saturated rings. The van der Waals surface area contributed by atoms with Crippen molar-refractivity contribution < 1.29 is 14.6 Å². The molecule has 0 spiro atoms. The van der Waals surface area contributed by atoms with Crippen molar-refractivity contribution in [2.24, 2.45) is 5.92 Å². The largest absolute Gasteiger partial charge is 0.490 e. The fourth-order valence-corrected chi connectivity index (χ4v) is 3.67. The maximum atomic E-state index is 12.2. The fraction of sp³-hybridized carbons (Fsp3) is 0.632. The molecule has 23 heavy (non-hydrogen) atoms. The van der Waals surface area contributed by atoms with E-state index in [1.165, 1.54) is 12.8 Å². The molecule has 0 radical (unpaired) electrons. The Morgan fingerprint density at radius 1 is 1.09 bits per heavy atom. The van der Waals surface area contributed by atoms with E-state index in [0.29, 0.717) is 24.1 Å². The van der Waals surface area contributed by atoms with Crippen LogP contribution in [0.2, 0.25) is 0 Å². The highest BCUT2D eigenvalue weighted by molar-refractivity contribution is 5.94. The molecule has 0 bridgehead atoms. The monoisotopic (exact) mass is 317 g/mol. The molecule has 2 saturated carbocycles. The summed E-state index contributed by atoms with van der Waals surface area (Å²) in [5.41, 5.74) is 0.667. The summed E-state index contributed by atoms with van der Waals surface area (Å²) in [6.45, 7) is 0.649. The standard InChI is InChI=1S/C19H27NO3/c21-16-5-3-4-14(12-16)13-20-19(22)15-8-10-18(11-9-15)23-17-6-1-2-7-17/h8-11,14,16-17,21H,1-7,12-13H2,(H,20,22). The molecule has 0 aliphatic heterocycles. The third-order valence-electron chi connectivity index (χ3n) is 5.03. The smallest absolute Gasteiger partial charge is 0.251 e. The van der Waals surface area contributed by atoms with Crippen molar-refractivity contribution in [3.8, 4) is 5.75 Å². The summed E-state index contributed by atoms with van der Waals surface area (Å²) >= 11 is 0.